The van der Waals surface area contributed by atoms with Gasteiger partial charge in [-0.1, -0.05) is 30.0 Å². The molecule has 18 heavy (non-hydrogen) atoms. The maximum Gasteiger partial charge on any atom is 0.0826 e. The number of likely N-dealkylation sites (N-methyl/N-ethyl adjacent to an activating group) is 1. The Bertz CT molecular complexity index is 407. The van der Waals surface area contributed by atoms with Crippen molar-refractivity contribution in [3.8, 4) is 11.8 Å². The van der Waals surface area contributed by atoms with Crippen LogP contribution >= 0.6 is 0 Å². The summed E-state index contributed by atoms with van der Waals surface area (Å²) in [6, 6.07) is 10.0. The molecule has 0 spiro atoms. The molecule has 2 rings (SSSR count). The van der Waals surface area contributed by atoms with Gasteiger partial charge in [-0.3, -0.25) is 0 Å². The van der Waals surface area contributed by atoms with Crippen LogP contribution < -0.4 is 5.32 Å². The Morgan fingerprint density at radius 2 is 2.22 bits per heavy atom. The summed E-state index contributed by atoms with van der Waals surface area (Å²) >= 11 is 0. The lowest BCUT2D eigenvalue weighted by Crippen LogP contribution is -2.44. The third-order valence-electron chi connectivity index (χ3n) is 2.93. The van der Waals surface area contributed by atoms with Crippen LogP contribution in [-0.2, 0) is 4.74 Å². The maximum absolute atomic E-state index is 5.66. The summed E-state index contributed by atoms with van der Waals surface area (Å²) in [7, 11) is 2.13. The minimum atomic E-state index is 0.294. The number of hydrogen-bond acceptors (Lipinski definition) is 3. The van der Waals surface area contributed by atoms with Gasteiger partial charge in [-0.15, -0.1) is 0 Å². The summed E-state index contributed by atoms with van der Waals surface area (Å²) in [6.45, 7) is 4.44. The summed E-state index contributed by atoms with van der Waals surface area (Å²) in [5.41, 5.74) is 1.06. The van der Waals surface area contributed by atoms with Gasteiger partial charge >= 0.3 is 0 Å². The molecular weight excluding hydrogens is 224 g/mol. The molecule has 1 aliphatic heterocycles. The molecule has 0 saturated carbocycles. The molecule has 3 heteroatoms. The minimum absolute atomic E-state index is 0.294. The van der Waals surface area contributed by atoms with Crippen molar-refractivity contribution in [1.82, 2.24) is 10.2 Å². The molecule has 1 fully saturated rings. The number of ether oxygens (including phenoxy) is 1. The van der Waals surface area contributed by atoms with Crippen LogP contribution in [0.2, 0.25) is 0 Å². The number of morpholine rings is 1. The van der Waals surface area contributed by atoms with Gasteiger partial charge in [0.2, 0.25) is 0 Å². The van der Waals surface area contributed by atoms with Gasteiger partial charge in [-0.25, -0.2) is 0 Å². The van der Waals surface area contributed by atoms with Crippen LogP contribution in [-0.4, -0.2) is 50.8 Å². The Labute approximate surface area is 109 Å². The third-order valence-corrected chi connectivity index (χ3v) is 2.93. The highest BCUT2D eigenvalue weighted by atomic mass is 16.5. The van der Waals surface area contributed by atoms with Crippen LogP contribution in [0, 0.1) is 11.8 Å². The Kier molecular flexibility index (Phi) is 5.22. The highest BCUT2D eigenvalue weighted by Gasteiger charge is 2.16. The number of nitrogens with one attached hydrogen (secondary N) is 1. The SMILES string of the molecule is CN1CCOC(CNCC#Cc2ccccc2)C1. The van der Waals surface area contributed by atoms with Crippen molar-refractivity contribution in [2.75, 3.05) is 39.8 Å². The highest BCUT2D eigenvalue weighted by Crippen LogP contribution is 2.01. The van der Waals surface area contributed by atoms with Crippen LogP contribution in [0.4, 0.5) is 0 Å². The van der Waals surface area contributed by atoms with E-state index in [9.17, 15) is 0 Å². The van der Waals surface area contributed by atoms with Crippen LogP contribution in [0.5, 0.6) is 0 Å². The van der Waals surface area contributed by atoms with E-state index in [0.717, 1.165) is 31.8 Å². The van der Waals surface area contributed by atoms with Gasteiger partial charge < -0.3 is 15.0 Å². The predicted molar refractivity (Wildman–Crippen MR) is 73.4 cm³/mol. The van der Waals surface area contributed by atoms with Crippen molar-refractivity contribution in [1.29, 1.82) is 0 Å². The zero-order chi connectivity index (χ0) is 12.6. The van der Waals surface area contributed by atoms with Crippen molar-refractivity contribution >= 4 is 0 Å². The lowest BCUT2D eigenvalue weighted by Gasteiger charge is -2.29. The van der Waals surface area contributed by atoms with E-state index in [4.69, 9.17) is 4.74 Å². The quantitative estimate of drug-likeness (QED) is 0.633. The molecule has 1 heterocycles. The zero-order valence-corrected chi connectivity index (χ0v) is 10.9. The molecule has 0 aliphatic carbocycles. The van der Waals surface area contributed by atoms with E-state index in [1.165, 1.54) is 0 Å². The Balaban J connectivity index is 1.66. The van der Waals surface area contributed by atoms with Crippen molar-refractivity contribution in [2.45, 2.75) is 6.10 Å². The fourth-order valence-corrected chi connectivity index (χ4v) is 1.95. The molecule has 1 atom stereocenters. The maximum atomic E-state index is 5.66. The van der Waals surface area contributed by atoms with Crippen LogP contribution in [0.1, 0.15) is 5.56 Å². The van der Waals surface area contributed by atoms with E-state index in [-0.39, 0.29) is 0 Å². The second-order valence-corrected chi connectivity index (χ2v) is 4.55. The number of rotatable bonds is 3. The molecule has 1 aromatic carbocycles. The Hall–Kier alpha value is -1.34. The Morgan fingerprint density at radius 3 is 3.00 bits per heavy atom. The molecule has 96 valence electrons. The summed E-state index contributed by atoms with van der Waals surface area (Å²) in [5, 5.41) is 3.32. The molecule has 0 bridgehead atoms. The lowest BCUT2D eigenvalue weighted by atomic mass is 10.2. The molecular formula is C15H20N2O. The molecule has 1 aliphatic rings. The molecule has 1 saturated heterocycles. The summed E-state index contributed by atoms with van der Waals surface area (Å²) in [4.78, 5) is 2.30. The predicted octanol–water partition coefficient (Wildman–Crippen LogP) is 0.958. The van der Waals surface area contributed by atoms with Gasteiger partial charge in [0.15, 0.2) is 0 Å². The molecule has 1 unspecified atom stereocenters. The van der Waals surface area contributed by atoms with Crippen LogP contribution in [0.15, 0.2) is 30.3 Å². The van der Waals surface area contributed by atoms with E-state index in [0.29, 0.717) is 12.6 Å². The lowest BCUT2D eigenvalue weighted by molar-refractivity contribution is -0.0175. The first-order chi connectivity index (χ1) is 8.84. The Morgan fingerprint density at radius 1 is 1.39 bits per heavy atom. The molecule has 1 aromatic rings. The van der Waals surface area contributed by atoms with Gasteiger partial charge in [0.25, 0.3) is 0 Å². The zero-order valence-electron chi connectivity index (χ0n) is 10.9. The van der Waals surface area contributed by atoms with Crippen LogP contribution in [0.3, 0.4) is 0 Å². The first kappa shape index (κ1) is 13.1. The third kappa shape index (κ3) is 4.50. The first-order valence-corrected chi connectivity index (χ1v) is 6.39. The number of nitrogens with zero attached hydrogens (tertiary/aromatic N) is 1. The molecule has 3 nitrogen and oxygen atoms in total. The highest BCUT2D eigenvalue weighted by molar-refractivity contribution is 5.33. The van der Waals surface area contributed by atoms with Gasteiger partial charge in [0.1, 0.15) is 0 Å². The first-order valence-electron chi connectivity index (χ1n) is 6.39. The number of hydrogen-bond donors (Lipinski definition) is 1. The summed E-state index contributed by atoms with van der Waals surface area (Å²) in [6.07, 6.45) is 0.294. The molecule has 0 radical (unpaired) electrons. The summed E-state index contributed by atoms with van der Waals surface area (Å²) in [5.74, 6) is 6.25. The number of benzene rings is 1. The van der Waals surface area contributed by atoms with Crippen molar-refractivity contribution in [3.63, 3.8) is 0 Å². The van der Waals surface area contributed by atoms with Crippen molar-refractivity contribution in [2.24, 2.45) is 0 Å². The summed E-state index contributed by atoms with van der Waals surface area (Å²) < 4.78 is 5.66. The fraction of sp³-hybridized carbons (Fsp3) is 0.467. The standard InChI is InChI=1S/C15H20N2O/c1-17-10-11-18-15(13-17)12-16-9-5-8-14-6-3-2-4-7-14/h2-4,6-7,15-16H,9-13H2,1H3. The van der Waals surface area contributed by atoms with Gasteiger partial charge in [0, 0.05) is 25.2 Å². The normalized spacial score (nSPS) is 20.2. The minimum Gasteiger partial charge on any atom is -0.374 e. The molecule has 0 amide bonds. The van der Waals surface area contributed by atoms with E-state index >= 15 is 0 Å². The van der Waals surface area contributed by atoms with Gasteiger partial charge in [-0.2, -0.15) is 0 Å². The smallest absolute Gasteiger partial charge is 0.0826 e. The average Bonchev–Trinajstić information content (AvgIpc) is 2.40. The van der Waals surface area contributed by atoms with Crippen LogP contribution in [0.25, 0.3) is 0 Å². The molecule has 1 N–H and O–H groups in total. The van der Waals surface area contributed by atoms with E-state index in [1.54, 1.807) is 0 Å². The monoisotopic (exact) mass is 244 g/mol. The second-order valence-electron chi connectivity index (χ2n) is 4.55. The van der Waals surface area contributed by atoms with Gasteiger partial charge in [-0.05, 0) is 19.2 Å². The van der Waals surface area contributed by atoms with E-state index in [2.05, 4.69) is 29.1 Å². The topological polar surface area (TPSA) is 24.5 Å². The second kappa shape index (κ2) is 7.17. The van der Waals surface area contributed by atoms with Gasteiger partial charge in [0.05, 0.1) is 19.3 Å². The largest absolute Gasteiger partial charge is 0.374 e. The molecule has 0 aromatic heterocycles. The van der Waals surface area contributed by atoms with Crippen molar-refractivity contribution in [3.05, 3.63) is 35.9 Å². The van der Waals surface area contributed by atoms with E-state index < -0.39 is 0 Å². The fourth-order valence-electron chi connectivity index (χ4n) is 1.95. The average molecular weight is 244 g/mol. The van der Waals surface area contributed by atoms with Crippen molar-refractivity contribution < 1.29 is 4.74 Å². The van der Waals surface area contributed by atoms with E-state index in [1.807, 2.05) is 30.3 Å².